The van der Waals surface area contributed by atoms with Crippen LogP contribution in [0.5, 0.6) is 5.75 Å². The third-order valence-electron chi connectivity index (χ3n) is 7.33. The lowest BCUT2D eigenvalue weighted by Crippen LogP contribution is -2.31. The summed E-state index contributed by atoms with van der Waals surface area (Å²) in [5, 5.41) is 1.12. The number of sulfonamides is 1. The van der Waals surface area contributed by atoms with E-state index >= 15 is 0 Å². The van der Waals surface area contributed by atoms with Gasteiger partial charge in [0.25, 0.3) is 15.9 Å². The topological polar surface area (TPSA) is 97.7 Å². The Kier molecular flexibility index (Phi) is 10.1. The molecule has 0 atom stereocenters. The third kappa shape index (κ3) is 7.53. The molecule has 1 heterocycles. The van der Waals surface area contributed by atoms with E-state index in [0.29, 0.717) is 30.6 Å². The lowest BCUT2D eigenvalue weighted by Gasteiger charge is -2.12. The van der Waals surface area contributed by atoms with Crippen LogP contribution in [-0.4, -0.2) is 50.9 Å². The van der Waals surface area contributed by atoms with Gasteiger partial charge in [0.1, 0.15) is 5.75 Å². The van der Waals surface area contributed by atoms with E-state index in [1.165, 1.54) is 13.2 Å². The van der Waals surface area contributed by atoms with E-state index in [9.17, 15) is 18.0 Å². The van der Waals surface area contributed by atoms with Crippen LogP contribution in [0.1, 0.15) is 58.8 Å². The molecule has 0 aliphatic rings. The van der Waals surface area contributed by atoms with Crippen LogP contribution in [0.3, 0.4) is 0 Å². The van der Waals surface area contributed by atoms with Crippen LogP contribution in [0.2, 0.25) is 0 Å². The van der Waals surface area contributed by atoms with Gasteiger partial charge in [-0.15, -0.1) is 0 Å². The number of fused-ring (bicyclic) bond motifs is 1. The Morgan fingerprint density at radius 1 is 1.02 bits per heavy atom. The van der Waals surface area contributed by atoms with Crippen molar-refractivity contribution in [2.24, 2.45) is 0 Å². The van der Waals surface area contributed by atoms with E-state index in [0.717, 1.165) is 40.6 Å². The zero-order valence-electron chi connectivity index (χ0n) is 25.4. The van der Waals surface area contributed by atoms with Crippen molar-refractivity contribution in [2.45, 2.75) is 51.0 Å². The molecule has 8 nitrogen and oxygen atoms in total. The van der Waals surface area contributed by atoms with Crippen LogP contribution in [0, 0.1) is 6.92 Å². The average molecular weight is 602 g/mol. The molecule has 2 amide bonds. The van der Waals surface area contributed by atoms with Gasteiger partial charge in [0.05, 0.1) is 12.0 Å². The molecule has 4 aromatic rings. The summed E-state index contributed by atoms with van der Waals surface area (Å²) in [6.45, 7) is 4.70. The predicted octanol–water partition coefficient (Wildman–Crippen LogP) is 5.96. The molecule has 0 radical (unpaired) electrons. The highest BCUT2D eigenvalue weighted by molar-refractivity contribution is 7.90. The molecule has 0 saturated carbocycles. The summed E-state index contributed by atoms with van der Waals surface area (Å²) >= 11 is 0. The molecule has 0 spiro atoms. The second-order valence-corrected chi connectivity index (χ2v) is 12.4. The number of aromatic nitrogens is 1. The average Bonchev–Trinajstić information content (AvgIpc) is 3.31. The van der Waals surface area contributed by atoms with Crippen LogP contribution in [0.4, 0.5) is 0 Å². The first-order chi connectivity index (χ1) is 20.5. The molecule has 0 aliphatic carbocycles. The maximum absolute atomic E-state index is 13.0. The smallest absolute Gasteiger partial charge is 0.265 e. The van der Waals surface area contributed by atoms with Crippen molar-refractivity contribution in [3.05, 3.63) is 101 Å². The predicted molar refractivity (Wildman–Crippen MR) is 171 cm³/mol. The molecule has 9 heteroatoms. The number of benzene rings is 3. The number of carbonyl (C=O) groups excluding carboxylic acids is 2. The monoisotopic (exact) mass is 601 g/mol. The Balaban J connectivity index is 1.59. The summed E-state index contributed by atoms with van der Waals surface area (Å²) in [6.07, 6.45) is 8.91. The minimum Gasteiger partial charge on any atom is -0.496 e. The zero-order chi connectivity index (χ0) is 31.1. The highest BCUT2D eigenvalue weighted by Gasteiger charge is 2.21. The third-order valence-corrected chi connectivity index (χ3v) is 8.82. The van der Waals surface area contributed by atoms with Gasteiger partial charge >= 0.3 is 0 Å². The standard InChI is InChI=1S/C34H39N3O5S/c1-6-19-37-23-28(29-20-25(15-18-30(29)37)12-8-10-14-33(38)36(3)4)21-26-16-17-27(22-31(26)42-5)34(39)35-43(40,41)32-13-9-7-11-24(32)2/h7-9,11-13,15-18,20,22-23H,6,10,14,19,21H2,1-5H3,(H,35,39)/b12-8+. The van der Waals surface area contributed by atoms with E-state index in [-0.39, 0.29) is 16.4 Å². The Hall–Kier alpha value is -4.37. The molecule has 1 aromatic heterocycles. The van der Waals surface area contributed by atoms with E-state index < -0.39 is 15.9 Å². The lowest BCUT2D eigenvalue weighted by atomic mass is 10.0. The van der Waals surface area contributed by atoms with Crippen molar-refractivity contribution in [1.29, 1.82) is 0 Å². The number of methoxy groups -OCH3 is 1. The molecular weight excluding hydrogens is 562 g/mol. The van der Waals surface area contributed by atoms with Gasteiger partial charge in [-0.1, -0.05) is 49.4 Å². The molecule has 0 unspecified atom stereocenters. The zero-order valence-corrected chi connectivity index (χ0v) is 26.2. The normalized spacial score (nSPS) is 11.7. The van der Waals surface area contributed by atoms with E-state index in [1.807, 2.05) is 18.2 Å². The first kappa shape index (κ1) is 31.6. The highest BCUT2D eigenvalue weighted by Crippen LogP contribution is 2.30. The van der Waals surface area contributed by atoms with E-state index in [2.05, 4.69) is 40.6 Å². The lowest BCUT2D eigenvalue weighted by molar-refractivity contribution is -0.128. The maximum atomic E-state index is 13.0. The summed E-state index contributed by atoms with van der Waals surface area (Å²) in [5.41, 5.74) is 4.91. The van der Waals surface area contributed by atoms with E-state index in [1.54, 1.807) is 56.3 Å². The van der Waals surface area contributed by atoms with Gasteiger partial charge < -0.3 is 14.2 Å². The number of nitrogens with one attached hydrogen (secondary N) is 1. The number of hydrogen-bond donors (Lipinski definition) is 1. The molecule has 3 aromatic carbocycles. The number of allylic oxidation sites excluding steroid dienone is 1. The molecule has 1 N–H and O–H groups in total. The fraction of sp³-hybridized carbons (Fsp3) is 0.294. The Morgan fingerprint density at radius 3 is 2.49 bits per heavy atom. The van der Waals surface area contributed by atoms with Gasteiger partial charge in [0.15, 0.2) is 0 Å². The molecule has 226 valence electrons. The largest absolute Gasteiger partial charge is 0.496 e. The Bertz CT molecular complexity index is 1770. The molecule has 0 bridgehead atoms. The van der Waals surface area contributed by atoms with Gasteiger partial charge in [-0.25, -0.2) is 13.1 Å². The van der Waals surface area contributed by atoms with Gasteiger partial charge in [0.2, 0.25) is 5.91 Å². The molecule has 4 rings (SSSR count). The van der Waals surface area contributed by atoms with E-state index in [4.69, 9.17) is 4.74 Å². The highest BCUT2D eigenvalue weighted by atomic mass is 32.2. The summed E-state index contributed by atoms with van der Waals surface area (Å²) in [6, 6.07) is 17.9. The first-order valence-electron chi connectivity index (χ1n) is 14.3. The fourth-order valence-electron chi connectivity index (χ4n) is 5.04. The van der Waals surface area contributed by atoms with Gasteiger partial charge in [-0.05, 0) is 72.4 Å². The van der Waals surface area contributed by atoms with Crippen LogP contribution in [0.25, 0.3) is 17.0 Å². The quantitative estimate of drug-likeness (QED) is 0.216. The summed E-state index contributed by atoms with van der Waals surface area (Å²) < 4.78 is 35.8. The van der Waals surface area contributed by atoms with Crippen LogP contribution < -0.4 is 9.46 Å². The number of ether oxygens (including phenoxy) is 1. The number of rotatable bonds is 12. The van der Waals surface area contributed by atoms with Crippen LogP contribution in [0.15, 0.2) is 77.8 Å². The van der Waals surface area contributed by atoms with Crippen molar-refractivity contribution in [2.75, 3.05) is 21.2 Å². The first-order valence-corrected chi connectivity index (χ1v) is 15.8. The van der Waals surface area contributed by atoms with Crippen molar-refractivity contribution < 1.29 is 22.7 Å². The second kappa shape index (κ2) is 13.7. The Morgan fingerprint density at radius 2 is 1.79 bits per heavy atom. The van der Waals surface area contributed by atoms with Crippen LogP contribution in [-0.2, 0) is 27.8 Å². The molecule has 0 saturated heterocycles. The number of nitrogens with zero attached hydrogens (tertiary/aromatic N) is 2. The summed E-state index contributed by atoms with van der Waals surface area (Å²) in [5.74, 6) is -0.125. The number of hydrogen-bond acceptors (Lipinski definition) is 5. The van der Waals surface area contributed by atoms with Gasteiger partial charge in [-0.3, -0.25) is 9.59 Å². The van der Waals surface area contributed by atoms with Crippen molar-refractivity contribution in [1.82, 2.24) is 14.2 Å². The Labute approximate surface area is 254 Å². The second-order valence-electron chi connectivity index (χ2n) is 10.8. The van der Waals surface area contributed by atoms with Gasteiger partial charge in [0, 0.05) is 56.1 Å². The van der Waals surface area contributed by atoms with Crippen LogP contribution >= 0.6 is 0 Å². The molecule has 43 heavy (non-hydrogen) atoms. The maximum Gasteiger partial charge on any atom is 0.265 e. The van der Waals surface area contributed by atoms with Crippen molar-refractivity contribution in [3.63, 3.8) is 0 Å². The number of aryl methyl sites for hydroxylation is 2. The van der Waals surface area contributed by atoms with Gasteiger partial charge in [-0.2, -0.15) is 0 Å². The van der Waals surface area contributed by atoms with Crippen molar-refractivity contribution >= 4 is 38.8 Å². The molecule has 0 aliphatic heterocycles. The summed E-state index contributed by atoms with van der Waals surface area (Å²) in [4.78, 5) is 26.5. The number of amides is 2. The summed E-state index contributed by atoms with van der Waals surface area (Å²) in [7, 11) is 1.03. The van der Waals surface area contributed by atoms with Crippen molar-refractivity contribution in [3.8, 4) is 5.75 Å². The fourth-order valence-corrected chi connectivity index (χ4v) is 6.26. The number of carbonyl (C=O) groups is 2. The SMILES string of the molecule is CCCn1cc(Cc2ccc(C(=O)NS(=O)(=O)c3ccccc3C)cc2OC)c2cc(/C=C/CCC(=O)N(C)C)ccc21. The molecular formula is C34H39N3O5S. The minimum absolute atomic E-state index is 0.0617. The minimum atomic E-state index is -4.03. The molecule has 0 fully saturated rings.